The van der Waals surface area contributed by atoms with Crippen molar-refractivity contribution in [3.05, 3.63) is 95.0 Å². The summed E-state index contributed by atoms with van der Waals surface area (Å²) in [5, 5.41) is 20.8. The van der Waals surface area contributed by atoms with Crippen LogP contribution in [0.5, 0.6) is 11.5 Å². The van der Waals surface area contributed by atoms with Crippen molar-refractivity contribution in [3.8, 4) is 17.6 Å². The van der Waals surface area contributed by atoms with Gasteiger partial charge in [-0.3, -0.25) is 4.79 Å². The summed E-state index contributed by atoms with van der Waals surface area (Å²) in [6.45, 7) is 3.58. The molecule has 30 heavy (non-hydrogen) atoms. The van der Waals surface area contributed by atoms with Crippen molar-refractivity contribution >= 4 is 17.6 Å². The van der Waals surface area contributed by atoms with Crippen molar-refractivity contribution in [2.24, 2.45) is 5.41 Å². The quantitative estimate of drug-likeness (QED) is 0.491. The average molecular weight is 420 g/mol. The minimum atomic E-state index is -1.77. The van der Waals surface area contributed by atoms with E-state index >= 15 is 0 Å². The fraction of sp³-hybridized carbons (Fsp3) is 0.200. The summed E-state index contributed by atoms with van der Waals surface area (Å²) in [5.74, 6) is 0.120. The first-order valence-corrected chi connectivity index (χ1v) is 9.89. The molecule has 0 radical (unpaired) electrons. The first-order chi connectivity index (χ1) is 14.3. The Morgan fingerprint density at radius 3 is 2.20 bits per heavy atom. The number of ether oxygens (including phenoxy) is 1. The van der Waals surface area contributed by atoms with Gasteiger partial charge in [0.25, 0.3) is 0 Å². The molecule has 0 amide bonds. The predicted octanol–water partition coefficient (Wildman–Crippen LogP) is 6.25. The zero-order chi connectivity index (χ0) is 21.8. The van der Waals surface area contributed by atoms with Crippen LogP contribution in [0.25, 0.3) is 0 Å². The summed E-state index contributed by atoms with van der Waals surface area (Å²) in [6, 6.07) is 25.4. The molecule has 0 spiro atoms. The van der Waals surface area contributed by atoms with Crippen LogP contribution < -0.4 is 4.74 Å². The van der Waals surface area contributed by atoms with Gasteiger partial charge in [0.2, 0.25) is 0 Å². The third-order valence-electron chi connectivity index (χ3n) is 5.36. The normalized spacial score (nSPS) is 13.1. The van der Waals surface area contributed by atoms with Gasteiger partial charge in [-0.1, -0.05) is 74.0 Å². The van der Waals surface area contributed by atoms with Gasteiger partial charge >= 0.3 is 5.97 Å². The molecule has 4 nitrogen and oxygen atoms in total. The monoisotopic (exact) mass is 419 g/mol. The fourth-order valence-electron chi connectivity index (χ4n) is 3.74. The lowest BCUT2D eigenvalue weighted by Crippen LogP contribution is -2.48. The first kappa shape index (κ1) is 21.4. The summed E-state index contributed by atoms with van der Waals surface area (Å²) in [5.41, 5.74) is -1.51. The summed E-state index contributed by atoms with van der Waals surface area (Å²) in [4.78, 5) is 12.5. The number of carboxylic acids is 1. The number of carboxylic acid groups (broad SMARTS) is 1. The summed E-state index contributed by atoms with van der Waals surface area (Å²) >= 11 is 5.98. The number of nitriles is 1. The molecular formula is C25H22ClNO3. The predicted molar refractivity (Wildman–Crippen MR) is 117 cm³/mol. The van der Waals surface area contributed by atoms with E-state index in [4.69, 9.17) is 16.3 Å². The van der Waals surface area contributed by atoms with Crippen molar-refractivity contribution in [2.45, 2.75) is 25.7 Å². The topological polar surface area (TPSA) is 70.3 Å². The van der Waals surface area contributed by atoms with E-state index < -0.39 is 16.8 Å². The number of nitrogens with zero attached hydrogens (tertiary/aromatic N) is 1. The van der Waals surface area contributed by atoms with Crippen LogP contribution in [0.15, 0.2) is 78.9 Å². The Bertz CT molecular complexity index is 1070. The van der Waals surface area contributed by atoms with Gasteiger partial charge in [0.05, 0.1) is 6.07 Å². The van der Waals surface area contributed by atoms with Crippen LogP contribution in [0.4, 0.5) is 0 Å². The molecule has 152 valence electrons. The molecule has 3 aromatic carbocycles. The standard InChI is InChI=1S/C25H22ClNO3/c1-24(2,25(17-27,23(28)29)19-12-14-20(26)15-13-19)16-18-8-6-7-11-22(18)30-21-9-4-3-5-10-21/h3-15H,16H2,1-2H3,(H,28,29). The Morgan fingerprint density at radius 2 is 1.60 bits per heavy atom. The minimum absolute atomic E-state index is 0.318. The van der Waals surface area contributed by atoms with Crippen LogP contribution in [0.2, 0.25) is 5.02 Å². The van der Waals surface area contributed by atoms with Crippen LogP contribution >= 0.6 is 11.6 Å². The Hall–Kier alpha value is -3.29. The molecule has 3 rings (SSSR count). The second-order valence-corrected chi connectivity index (χ2v) is 8.19. The van der Waals surface area contributed by atoms with E-state index in [0.29, 0.717) is 28.5 Å². The molecule has 0 aliphatic heterocycles. The van der Waals surface area contributed by atoms with Crippen LogP contribution in [-0.4, -0.2) is 11.1 Å². The Balaban J connectivity index is 2.03. The summed E-state index contributed by atoms with van der Waals surface area (Å²) in [6.07, 6.45) is 0.318. The summed E-state index contributed by atoms with van der Waals surface area (Å²) < 4.78 is 6.04. The molecule has 0 fully saturated rings. The maximum absolute atomic E-state index is 12.5. The smallest absolute Gasteiger partial charge is 0.329 e. The lowest BCUT2D eigenvalue weighted by molar-refractivity contribution is -0.145. The molecule has 3 aromatic rings. The molecule has 1 unspecified atom stereocenters. The van der Waals surface area contributed by atoms with Crippen molar-refractivity contribution in [1.29, 1.82) is 5.26 Å². The highest BCUT2D eigenvalue weighted by atomic mass is 35.5. The molecule has 1 atom stereocenters. The number of rotatable bonds is 7. The molecule has 0 aliphatic rings. The van der Waals surface area contributed by atoms with Crippen molar-refractivity contribution < 1.29 is 14.6 Å². The summed E-state index contributed by atoms with van der Waals surface area (Å²) in [7, 11) is 0. The molecule has 1 N–H and O–H groups in total. The third kappa shape index (κ3) is 4.03. The van der Waals surface area contributed by atoms with E-state index in [9.17, 15) is 15.2 Å². The first-order valence-electron chi connectivity index (χ1n) is 9.52. The van der Waals surface area contributed by atoms with Gasteiger partial charge in [-0.05, 0) is 47.9 Å². The number of hydrogen-bond donors (Lipinski definition) is 1. The number of benzene rings is 3. The zero-order valence-electron chi connectivity index (χ0n) is 16.8. The zero-order valence-corrected chi connectivity index (χ0v) is 17.6. The van der Waals surface area contributed by atoms with E-state index in [1.165, 1.54) is 0 Å². The van der Waals surface area contributed by atoms with Crippen molar-refractivity contribution in [2.75, 3.05) is 0 Å². The third-order valence-corrected chi connectivity index (χ3v) is 5.61. The van der Waals surface area contributed by atoms with E-state index in [1.807, 2.05) is 54.6 Å². The number of aliphatic carboxylic acids is 1. The van der Waals surface area contributed by atoms with Gasteiger partial charge in [0, 0.05) is 10.4 Å². The highest BCUT2D eigenvalue weighted by Gasteiger charge is 2.53. The molecule has 0 heterocycles. The maximum atomic E-state index is 12.5. The van der Waals surface area contributed by atoms with Gasteiger partial charge in [0.15, 0.2) is 5.41 Å². The number of hydrogen-bond acceptors (Lipinski definition) is 3. The lowest BCUT2D eigenvalue weighted by atomic mass is 9.60. The Morgan fingerprint density at radius 1 is 1.00 bits per heavy atom. The van der Waals surface area contributed by atoms with Crippen molar-refractivity contribution in [1.82, 2.24) is 0 Å². The Labute approximate surface area is 181 Å². The van der Waals surface area contributed by atoms with Gasteiger partial charge in [0.1, 0.15) is 11.5 Å². The average Bonchev–Trinajstić information content (AvgIpc) is 2.72. The highest BCUT2D eigenvalue weighted by molar-refractivity contribution is 6.30. The van der Waals surface area contributed by atoms with E-state index in [-0.39, 0.29) is 0 Å². The molecule has 0 aromatic heterocycles. The van der Waals surface area contributed by atoms with E-state index in [1.54, 1.807) is 38.1 Å². The van der Waals surface area contributed by atoms with Crippen LogP contribution in [0.3, 0.4) is 0 Å². The van der Waals surface area contributed by atoms with Gasteiger partial charge in [-0.15, -0.1) is 0 Å². The lowest BCUT2D eigenvalue weighted by Gasteiger charge is -2.39. The van der Waals surface area contributed by atoms with Gasteiger partial charge in [-0.25, -0.2) is 0 Å². The van der Waals surface area contributed by atoms with E-state index in [0.717, 1.165) is 5.56 Å². The number of carbonyl (C=O) groups is 1. The van der Waals surface area contributed by atoms with Crippen molar-refractivity contribution in [3.63, 3.8) is 0 Å². The number of halogens is 1. The number of para-hydroxylation sites is 2. The largest absolute Gasteiger partial charge is 0.480 e. The Kier molecular flexibility index (Phi) is 6.14. The molecule has 0 saturated heterocycles. The second-order valence-electron chi connectivity index (χ2n) is 7.76. The maximum Gasteiger partial charge on any atom is 0.329 e. The molecule has 0 bridgehead atoms. The van der Waals surface area contributed by atoms with Crippen LogP contribution in [0.1, 0.15) is 25.0 Å². The molecule has 5 heteroatoms. The minimum Gasteiger partial charge on any atom is -0.480 e. The SMILES string of the molecule is CC(C)(Cc1ccccc1Oc1ccccc1)C(C#N)(C(=O)O)c1ccc(Cl)cc1. The van der Waals surface area contributed by atoms with Crippen LogP contribution in [0, 0.1) is 16.7 Å². The van der Waals surface area contributed by atoms with Gasteiger partial charge < -0.3 is 9.84 Å². The molecule has 0 saturated carbocycles. The molecule has 0 aliphatic carbocycles. The fourth-order valence-corrected chi connectivity index (χ4v) is 3.87. The van der Waals surface area contributed by atoms with Crippen LogP contribution in [-0.2, 0) is 16.6 Å². The molecular weight excluding hydrogens is 398 g/mol. The highest BCUT2D eigenvalue weighted by Crippen LogP contribution is 2.46. The van der Waals surface area contributed by atoms with Gasteiger partial charge in [-0.2, -0.15) is 5.26 Å². The van der Waals surface area contributed by atoms with E-state index in [2.05, 4.69) is 6.07 Å². The second kappa shape index (κ2) is 8.61.